The fourth-order valence-electron chi connectivity index (χ4n) is 1.68. The summed E-state index contributed by atoms with van der Waals surface area (Å²) in [6, 6.07) is -1.58. The van der Waals surface area contributed by atoms with E-state index < -0.39 is 36.2 Å². The van der Waals surface area contributed by atoms with Gasteiger partial charge in [0.25, 0.3) is 0 Å². The first kappa shape index (κ1) is 24.0. The van der Waals surface area contributed by atoms with E-state index in [1.807, 2.05) is 0 Å². The fraction of sp³-hybridized carbons (Fsp3) is 0.786. The van der Waals surface area contributed by atoms with Gasteiger partial charge in [-0.25, -0.2) is 4.79 Å². The largest absolute Gasteiger partial charge is 0.471 e. The molecule has 0 aromatic carbocycles. The van der Waals surface area contributed by atoms with Crippen molar-refractivity contribution in [2.24, 2.45) is 0 Å². The number of halogens is 6. The van der Waals surface area contributed by atoms with Crippen molar-refractivity contribution in [2.75, 3.05) is 13.2 Å². The van der Waals surface area contributed by atoms with Crippen molar-refractivity contribution in [3.63, 3.8) is 0 Å². The van der Waals surface area contributed by atoms with Gasteiger partial charge < -0.3 is 15.4 Å². The Kier molecular flexibility index (Phi) is 10.0. The van der Waals surface area contributed by atoms with E-state index in [2.05, 4.69) is 0 Å². The molecule has 26 heavy (non-hydrogen) atoms. The first-order chi connectivity index (χ1) is 11.9. The van der Waals surface area contributed by atoms with Crippen molar-refractivity contribution in [1.82, 2.24) is 10.6 Å². The van der Waals surface area contributed by atoms with Crippen molar-refractivity contribution >= 4 is 17.8 Å². The van der Waals surface area contributed by atoms with E-state index in [1.165, 1.54) is 5.32 Å². The Bertz CT molecular complexity index is 479. The number of carbonyl (C=O) groups excluding carboxylic acids is 3. The fourth-order valence-corrected chi connectivity index (χ4v) is 1.68. The highest BCUT2D eigenvalue weighted by atomic mass is 19.4. The van der Waals surface area contributed by atoms with E-state index in [0.29, 0.717) is 12.8 Å². The minimum absolute atomic E-state index is 0.0240. The average molecular weight is 394 g/mol. The van der Waals surface area contributed by atoms with Crippen LogP contribution >= 0.6 is 0 Å². The van der Waals surface area contributed by atoms with Gasteiger partial charge >= 0.3 is 30.1 Å². The number of ether oxygens (including phenoxy) is 1. The normalized spacial score (nSPS) is 13.0. The third kappa shape index (κ3) is 10.1. The second-order valence-corrected chi connectivity index (χ2v) is 5.29. The molecule has 6 nitrogen and oxygen atoms in total. The Balaban J connectivity index is 4.50. The Morgan fingerprint density at radius 2 is 1.50 bits per heavy atom. The number of esters is 1. The summed E-state index contributed by atoms with van der Waals surface area (Å²) < 4.78 is 77.6. The third-order valence-corrected chi connectivity index (χ3v) is 3.05. The van der Waals surface area contributed by atoms with Gasteiger partial charge in [0.2, 0.25) is 0 Å². The van der Waals surface area contributed by atoms with Crippen molar-refractivity contribution in [2.45, 2.75) is 57.4 Å². The second kappa shape index (κ2) is 10.9. The third-order valence-electron chi connectivity index (χ3n) is 3.05. The molecule has 0 aromatic heterocycles. The predicted octanol–water partition coefficient (Wildman–Crippen LogP) is 2.23. The maximum Gasteiger partial charge on any atom is 0.471 e. The van der Waals surface area contributed by atoms with Gasteiger partial charge in [0.05, 0.1) is 6.61 Å². The molecule has 0 fully saturated rings. The Labute approximate surface area is 145 Å². The molecule has 0 saturated heterocycles. The SMILES string of the molecule is CCCCOC(=O)[C@H](CCCCNC(=O)C(F)(F)F)NC(=O)C(F)(F)F. The Morgan fingerprint density at radius 3 is 2.00 bits per heavy atom. The molecule has 0 spiro atoms. The number of carbonyl (C=O) groups is 3. The molecule has 0 aliphatic rings. The van der Waals surface area contributed by atoms with E-state index in [4.69, 9.17) is 4.74 Å². The summed E-state index contributed by atoms with van der Waals surface area (Å²) in [7, 11) is 0. The average Bonchev–Trinajstić information content (AvgIpc) is 2.51. The number of alkyl halides is 6. The van der Waals surface area contributed by atoms with Gasteiger partial charge in [0.15, 0.2) is 0 Å². The zero-order chi connectivity index (χ0) is 20.4. The molecule has 1 atom stereocenters. The van der Waals surface area contributed by atoms with Gasteiger partial charge in [-0.2, -0.15) is 26.3 Å². The zero-order valence-corrected chi connectivity index (χ0v) is 13.9. The summed E-state index contributed by atoms with van der Waals surface area (Å²) in [6.07, 6.45) is -9.42. The highest BCUT2D eigenvalue weighted by Crippen LogP contribution is 2.16. The van der Waals surface area contributed by atoms with Crippen molar-refractivity contribution in [3.05, 3.63) is 0 Å². The van der Waals surface area contributed by atoms with Crippen molar-refractivity contribution in [3.8, 4) is 0 Å². The molecule has 2 amide bonds. The van der Waals surface area contributed by atoms with Gasteiger partial charge in [-0.1, -0.05) is 13.3 Å². The lowest BCUT2D eigenvalue weighted by atomic mass is 10.1. The molecule has 0 saturated carbocycles. The van der Waals surface area contributed by atoms with E-state index in [0.717, 1.165) is 0 Å². The van der Waals surface area contributed by atoms with Crippen LogP contribution in [0.5, 0.6) is 0 Å². The van der Waals surface area contributed by atoms with Gasteiger partial charge in [-0.05, 0) is 25.7 Å². The monoisotopic (exact) mass is 394 g/mol. The Hall–Kier alpha value is -2.01. The molecular weight excluding hydrogens is 374 g/mol. The van der Waals surface area contributed by atoms with E-state index in [1.54, 1.807) is 12.2 Å². The lowest BCUT2D eigenvalue weighted by Crippen LogP contribution is -2.47. The number of hydrogen-bond acceptors (Lipinski definition) is 4. The molecule has 152 valence electrons. The lowest BCUT2D eigenvalue weighted by Gasteiger charge is -2.18. The minimum Gasteiger partial charge on any atom is -0.464 e. The summed E-state index contributed by atoms with van der Waals surface area (Å²) in [5.74, 6) is -5.52. The summed E-state index contributed by atoms with van der Waals surface area (Å²) in [5, 5.41) is 3.09. The van der Waals surface area contributed by atoms with E-state index in [-0.39, 0.29) is 32.4 Å². The molecule has 12 heteroatoms. The molecule has 0 aliphatic heterocycles. The molecular formula is C14H20F6N2O4. The van der Waals surface area contributed by atoms with Crippen LogP contribution in [0.3, 0.4) is 0 Å². The van der Waals surface area contributed by atoms with Gasteiger partial charge in [0.1, 0.15) is 6.04 Å². The van der Waals surface area contributed by atoms with Crippen LogP contribution in [0.4, 0.5) is 26.3 Å². The second-order valence-electron chi connectivity index (χ2n) is 5.29. The van der Waals surface area contributed by atoms with E-state index >= 15 is 0 Å². The van der Waals surface area contributed by atoms with Crippen molar-refractivity contribution in [1.29, 1.82) is 0 Å². The topological polar surface area (TPSA) is 84.5 Å². The van der Waals surface area contributed by atoms with Crippen LogP contribution in [-0.4, -0.2) is 49.3 Å². The molecule has 0 rings (SSSR count). The number of nitrogens with one attached hydrogen (secondary N) is 2. The van der Waals surface area contributed by atoms with E-state index in [9.17, 15) is 40.7 Å². The van der Waals surface area contributed by atoms with Crippen LogP contribution in [0, 0.1) is 0 Å². The molecule has 0 aromatic rings. The van der Waals surface area contributed by atoms with Gasteiger partial charge in [-0.3, -0.25) is 9.59 Å². The summed E-state index contributed by atoms with van der Waals surface area (Å²) >= 11 is 0. The van der Waals surface area contributed by atoms with Crippen LogP contribution < -0.4 is 10.6 Å². The minimum atomic E-state index is -5.19. The molecule has 0 aliphatic carbocycles. The Morgan fingerprint density at radius 1 is 0.923 bits per heavy atom. The summed E-state index contributed by atoms with van der Waals surface area (Å²) in [6.45, 7) is 1.38. The van der Waals surface area contributed by atoms with Gasteiger partial charge in [0, 0.05) is 6.54 Å². The molecule has 0 heterocycles. The first-order valence-corrected chi connectivity index (χ1v) is 7.79. The molecule has 2 N–H and O–H groups in total. The van der Waals surface area contributed by atoms with Crippen LogP contribution in [0.15, 0.2) is 0 Å². The summed E-state index contributed by atoms with van der Waals surface area (Å²) in [5.41, 5.74) is 0. The zero-order valence-electron chi connectivity index (χ0n) is 13.9. The number of hydrogen-bond donors (Lipinski definition) is 2. The van der Waals surface area contributed by atoms with Crippen LogP contribution in [-0.2, 0) is 19.1 Å². The highest BCUT2D eigenvalue weighted by Gasteiger charge is 2.41. The number of amides is 2. The quantitative estimate of drug-likeness (QED) is 0.338. The van der Waals surface area contributed by atoms with Crippen LogP contribution in [0.25, 0.3) is 0 Å². The molecule has 0 unspecified atom stereocenters. The summed E-state index contributed by atoms with van der Waals surface area (Å²) in [4.78, 5) is 33.3. The van der Waals surface area contributed by atoms with Crippen LogP contribution in [0.1, 0.15) is 39.0 Å². The maximum atomic E-state index is 12.3. The first-order valence-electron chi connectivity index (χ1n) is 7.79. The number of unbranched alkanes of at least 4 members (excludes halogenated alkanes) is 2. The molecule has 0 radical (unpaired) electrons. The van der Waals surface area contributed by atoms with Crippen LogP contribution in [0.2, 0.25) is 0 Å². The van der Waals surface area contributed by atoms with Gasteiger partial charge in [-0.15, -0.1) is 0 Å². The standard InChI is InChI=1S/C14H20F6N2O4/c1-2-3-8-26-10(23)9(22-12(25)14(18,19)20)6-4-5-7-21-11(24)13(15,16)17/h9H,2-8H2,1H3,(H,21,24)(H,22,25)/t9-/m0/s1. The maximum absolute atomic E-state index is 12.3. The van der Waals surface area contributed by atoms with Crippen molar-refractivity contribution < 1.29 is 45.5 Å². The predicted molar refractivity (Wildman–Crippen MR) is 76.8 cm³/mol. The number of rotatable bonds is 10. The highest BCUT2D eigenvalue weighted by molar-refractivity contribution is 5.87. The smallest absolute Gasteiger partial charge is 0.464 e. The molecule has 0 bridgehead atoms. The lowest BCUT2D eigenvalue weighted by molar-refractivity contribution is -0.176.